The Kier molecular flexibility index (Phi) is 6.13. The molecule has 27 heavy (non-hydrogen) atoms. The first-order valence-electron chi connectivity index (χ1n) is 9.16. The van der Waals surface area contributed by atoms with Crippen molar-refractivity contribution in [2.45, 2.75) is 49.6 Å². The molecule has 0 aromatic heterocycles. The quantitative estimate of drug-likeness (QED) is 0.777. The number of benzene rings is 1. The van der Waals surface area contributed by atoms with Crippen molar-refractivity contribution in [3.8, 4) is 0 Å². The molecule has 1 aromatic carbocycles. The van der Waals surface area contributed by atoms with Crippen LogP contribution in [0.4, 0.5) is 5.69 Å². The fourth-order valence-electron chi connectivity index (χ4n) is 3.38. The van der Waals surface area contributed by atoms with E-state index in [-0.39, 0.29) is 28.9 Å². The summed E-state index contributed by atoms with van der Waals surface area (Å²) < 4.78 is 32.4. The Labute approximate surface area is 159 Å². The van der Waals surface area contributed by atoms with Crippen LogP contribution in [0.2, 0.25) is 0 Å². The van der Waals surface area contributed by atoms with Crippen LogP contribution < -0.4 is 10.6 Å². The van der Waals surface area contributed by atoms with Crippen molar-refractivity contribution in [2.75, 3.05) is 25.0 Å². The molecule has 2 saturated heterocycles. The molecular formula is C18H25N3O5S. The Balaban J connectivity index is 1.56. The van der Waals surface area contributed by atoms with E-state index in [0.29, 0.717) is 38.2 Å². The van der Waals surface area contributed by atoms with Crippen LogP contribution >= 0.6 is 0 Å². The molecule has 3 rings (SSSR count). The number of rotatable bonds is 5. The van der Waals surface area contributed by atoms with Crippen LogP contribution in [0.3, 0.4) is 0 Å². The molecule has 1 atom stereocenters. The Morgan fingerprint density at radius 1 is 1.11 bits per heavy atom. The van der Waals surface area contributed by atoms with Gasteiger partial charge in [-0.2, -0.15) is 4.31 Å². The van der Waals surface area contributed by atoms with Crippen LogP contribution in [-0.2, 0) is 24.3 Å². The van der Waals surface area contributed by atoms with Crippen LogP contribution in [-0.4, -0.2) is 56.4 Å². The molecule has 2 heterocycles. The maximum absolute atomic E-state index is 12.8. The van der Waals surface area contributed by atoms with Gasteiger partial charge < -0.3 is 15.4 Å². The molecule has 1 aromatic rings. The summed E-state index contributed by atoms with van der Waals surface area (Å²) in [7, 11) is -3.59. The van der Waals surface area contributed by atoms with Gasteiger partial charge in [0.2, 0.25) is 21.8 Å². The largest absolute Gasteiger partial charge is 0.368 e. The zero-order valence-corrected chi connectivity index (χ0v) is 16.1. The molecule has 2 aliphatic heterocycles. The average molecular weight is 395 g/mol. The van der Waals surface area contributed by atoms with Crippen LogP contribution in [0.5, 0.6) is 0 Å². The maximum atomic E-state index is 12.8. The SMILES string of the molecule is CC(=O)Nc1ccc(S(=O)(=O)N2CCC(NC(=O)C3CCCO3)CC2)cc1. The molecule has 2 fully saturated rings. The summed E-state index contributed by atoms with van der Waals surface area (Å²) in [4.78, 5) is 23.4. The van der Waals surface area contributed by atoms with Crippen molar-refractivity contribution in [2.24, 2.45) is 0 Å². The van der Waals surface area contributed by atoms with Crippen molar-refractivity contribution in [3.63, 3.8) is 0 Å². The van der Waals surface area contributed by atoms with E-state index in [1.54, 1.807) is 12.1 Å². The lowest BCUT2D eigenvalue weighted by Crippen LogP contribution is -2.48. The summed E-state index contributed by atoms with van der Waals surface area (Å²) >= 11 is 0. The summed E-state index contributed by atoms with van der Waals surface area (Å²) in [6.45, 7) is 2.72. The number of carbonyl (C=O) groups is 2. The second-order valence-electron chi connectivity index (χ2n) is 6.89. The molecule has 8 nitrogen and oxygen atoms in total. The molecule has 2 amide bonds. The molecule has 2 N–H and O–H groups in total. The molecule has 9 heteroatoms. The molecular weight excluding hydrogens is 370 g/mol. The summed E-state index contributed by atoms with van der Waals surface area (Å²) in [5, 5.41) is 5.58. The number of hydrogen-bond donors (Lipinski definition) is 2. The first-order chi connectivity index (χ1) is 12.9. The number of amides is 2. The fraction of sp³-hybridized carbons (Fsp3) is 0.556. The highest BCUT2D eigenvalue weighted by Gasteiger charge is 2.31. The van der Waals surface area contributed by atoms with Gasteiger partial charge in [0.05, 0.1) is 4.90 Å². The van der Waals surface area contributed by atoms with E-state index in [0.717, 1.165) is 12.8 Å². The zero-order chi connectivity index (χ0) is 19.4. The lowest BCUT2D eigenvalue weighted by Gasteiger charge is -2.32. The number of ether oxygens (including phenoxy) is 1. The second kappa shape index (κ2) is 8.37. The number of piperidine rings is 1. The minimum Gasteiger partial charge on any atom is -0.368 e. The lowest BCUT2D eigenvalue weighted by atomic mass is 10.1. The first-order valence-corrected chi connectivity index (χ1v) is 10.6. The van der Waals surface area contributed by atoms with Crippen LogP contribution in [0.1, 0.15) is 32.6 Å². The van der Waals surface area contributed by atoms with Crippen molar-refractivity contribution >= 4 is 27.5 Å². The van der Waals surface area contributed by atoms with Gasteiger partial charge in [-0.05, 0) is 49.9 Å². The van der Waals surface area contributed by atoms with E-state index in [1.165, 1.54) is 23.4 Å². The number of carbonyl (C=O) groups excluding carboxylic acids is 2. The molecule has 0 spiro atoms. The minimum absolute atomic E-state index is 0.0321. The normalized spacial score (nSPS) is 21.7. The number of nitrogens with one attached hydrogen (secondary N) is 2. The third kappa shape index (κ3) is 4.85. The van der Waals surface area contributed by atoms with E-state index < -0.39 is 10.0 Å². The summed E-state index contributed by atoms with van der Waals surface area (Å²) in [6.07, 6.45) is 2.42. The van der Waals surface area contributed by atoms with E-state index in [1.807, 2.05) is 0 Å². The molecule has 0 bridgehead atoms. The van der Waals surface area contributed by atoms with Gasteiger partial charge >= 0.3 is 0 Å². The monoisotopic (exact) mass is 395 g/mol. The van der Waals surface area contributed by atoms with Crippen molar-refractivity contribution in [3.05, 3.63) is 24.3 Å². The molecule has 0 aliphatic carbocycles. The van der Waals surface area contributed by atoms with Gasteiger partial charge in [0.25, 0.3) is 0 Å². The van der Waals surface area contributed by atoms with Gasteiger partial charge in [-0.1, -0.05) is 0 Å². The second-order valence-corrected chi connectivity index (χ2v) is 8.83. The Bertz CT molecular complexity index is 780. The van der Waals surface area contributed by atoms with Crippen LogP contribution in [0, 0.1) is 0 Å². The van der Waals surface area contributed by atoms with Gasteiger partial charge in [-0.15, -0.1) is 0 Å². The topological polar surface area (TPSA) is 105 Å². The van der Waals surface area contributed by atoms with Gasteiger partial charge in [-0.3, -0.25) is 9.59 Å². The Morgan fingerprint density at radius 2 is 1.78 bits per heavy atom. The van der Waals surface area contributed by atoms with E-state index in [4.69, 9.17) is 4.74 Å². The Morgan fingerprint density at radius 3 is 2.33 bits per heavy atom. The smallest absolute Gasteiger partial charge is 0.249 e. The van der Waals surface area contributed by atoms with Crippen molar-refractivity contribution in [1.29, 1.82) is 0 Å². The molecule has 0 saturated carbocycles. The van der Waals surface area contributed by atoms with Gasteiger partial charge in [0.1, 0.15) is 6.10 Å². The number of sulfonamides is 1. The molecule has 148 valence electrons. The van der Waals surface area contributed by atoms with Crippen molar-refractivity contribution in [1.82, 2.24) is 9.62 Å². The molecule has 0 radical (unpaired) electrons. The van der Waals surface area contributed by atoms with Crippen LogP contribution in [0.15, 0.2) is 29.2 Å². The molecule has 1 unspecified atom stereocenters. The Hall–Kier alpha value is -1.97. The van der Waals surface area contributed by atoms with Gasteiger partial charge in [-0.25, -0.2) is 8.42 Å². The van der Waals surface area contributed by atoms with Crippen LogP contribution in [0.25, 0.3) is 0 Å². The van der Waals surface area contributed by atoms with Gasteiger partial charge in [0.15, 0.2) is 0 Å². The van der Waals surface area contributed by atoms with Gasteiger partial charge in [0, 0.05) is 38.3 Å². The number of anilines is 1. The summed E-state index contributed by atoms with van der Waals surface area (Å²) in [5.74, 6) is -0.305. The standard InChI is InChI=1S/C18H25N3O5S/c1-13(22)19-14-4-6-16(7-5-14)27(24,25)21-10-8-15(9-11-21)20-18(23)17-3-2-12-26-17/h4-7,15,17H,2-3,8-12H2,1H3,(H,19,22)(H,20,23). The van der Waals surface area contributed by atoms with E-state index in [9.17, 15) is 18.0 Å². The van der Waals surface area contributed by atoms with E-state index in [2.05, 4.69) is 10.6 Å². The highest BCUT2D eigenvalue weighted by Crippen LogP contribution is 2.23. The lowest BCUT2D eigenvalue weighted by molar-refractivity contribution is -0.131. The minimum atomic E-state index is -3.59. The molecule has 2 aliphatic rings. The highest BCUT2D eigenvalue weighted by molar-refractivity contribution is 7.89. The third-order valence-corrected chi connectivity index (χ3v) is 6.75. The number of nitrogens with zero attached hydrogens (tertiary/aromatic N) is 1. The average Bonchev–Trinajstić information content (AvgIpc) is 3.17. The van der Waals surface area contributed by atoms with Crippen molar-refractivity contribution < 1.29 is 22.7 Å². The fourth-order valence-corrected chi connectivity index (χ4v) is 4.85. The zero-order valence-electron chi connectivity index (χ0n) is 15.3. The summed E-state index contributed by atoms with van der Waals surface area (Å²) in [5.41, 5.74) is 0.553. The number of hydrogen-bond acceptors (Lipinski definition) is 5. The summed E-state index contributed by atoms with van der Waals surface area (Å²) in [6, 6.07) is 6.10. The third-order valence-electron chi connectivity index (χ3n) is 4.83. The first kappa shape index (κ1) is 19.8. The predicted molar refractivity (Wildman–Crippen MR) is 99.6 cm³/mol. The van der Waals surface area contributed by atoms with E-state index >= 15 is 0 Å². The predicted octanol–water partition coefficient (Wildman–Crippen LogP) is 1.09. The maximum Gasteiger partial charge on any atom is 0.249 e. The highest BCUT2D eigenvalue weighted by atomic mass is 32.2.